The zero-order chi connectivity index (χ0) is 17.3. The highest BCUT2D eigenvalue weighted by Crippen LogP contribution is 2.24. The monoisotopic (exact) mass is 326 g/mol. The first-order valence-electron chi connectivity index (χ1n) is 8.18. The maximum Gasteiger partial charge on any atom is 0.251 e. The maximum absolute atomic E-state index is 12.3. The lowest BCUT2D eigenvalue weighted by Crippen LogP contribution is -2.37. The summed E-state index contributed by atoms with van der Waals surface area (Å²) in [5.41, 5.74) is 2.51. The molecule has 1 N–H and O–H groups in total. The molecule has 0 saturated carbocycles. The lowest BCUT2D eigenvalue weighted by Gasteiger charge is -2.27. The molecule has 1 aromatic carbocycles. The van der Waals surface area contributed by atoms with E-state index in [0.29, 0.717) is 25.1 Å². The summed E-state index contributed by atoms with van der Waals surface area (Å²) in [5, 5.41) is 7.28. The average Bonchev–Trinajstić information content (AvgIpc) is 2.91. The standard InChI is InChI=1S/C18H22N4O2/c1-12(2)19-18(24)15-6-4-14(5-7-15)11-21-16-10-13(3)20-22(16)9-8-17(21)23/h4-7,10,12H,8-9,11H2,1-3H3,(H,19,24). The van der Waals surface area contributed by atoms with E-state index < -0.39 is 0 Å². The van der Waals surface area contributed by atoms with Gasteiger partial charge in [-0.3, -0.25) is 14.5 Å². The molecule has 0 spiro atoms. The van der Waals surface area contributed by atoms with Crippen LogP contribution in [-0.4, -0.2) is 27.6 Å². The van der Waals surface area contributed by atoms with Crippen molar-refractivity contribution < 1.29 is 9.59 Å². The van der Waals surface area contributed by atoms with E-state index in [1.807, 2.05) is 43.7 Å². The van der Waals surface area contributed by atoms with E-state index in [1.54, 1.807) is 17.0 Å². The van der Waals surface area contributed by atoms with E-state index >= 15 is 0 Å². The van der Waals surface area contributed by atoms with Gasteiger partial charge < -0.3 is 5.32 Å². The van der Waals surface area contributed by atoms with Crippen LogP contribution in [0.25, 0.3) is 0 Å². The first kappa shape index (κ1) is 16.2. The SMILES string of the molecule is Cc1cc2n(n1)CCC(=O)N2Cc1ccc(C(=O)NC(C)C)cc1. The zero-order valence-corrected chi connectivity index (χ0v) is 14.2. The molecule has 6 heteroatoms. The Morgan fingerprint density at radius 3 is 2.67 bits per heavy atom. The minimum atomic E-state index is -0.0840. The van der Waals surface area contributed by atoms with Gasteiger partial charge >= 0.3 is 0 Å². The smallest absolute Gasteiger partial charge is 0.251 e. The van der Waals surface area contributed by atoms with Crippen LogP contribution in [0.15, 0.2) is 30.3 Å². The van der Waals surface area contributed by atoms with Crippen molar-refractivity contribution in [1.82, 2.24) is 15.1 Å². The Labute approximate surface area is 141 Å². The minimum absolute atomic E-state index is 0.0840. The van der Waals surface area contributed by atoms with Gasteiger partial charge in [0.15, 0.2) is 0 Å². The summed E-state index contributed by atoms with van der Waals surface area (Å²) in [7, 11) is 0. The van der Waals surface area contributed by atoms with E-state index in [4.69, 9.17) is 0 Å². The van der Waals surface area contributed by atoms with Crippen molar-refractivity contribution in [2.75, 3.05) is 4.90 Å². The highest BCUT2D eigenvalue weighted by Gasteiger charge is 2.25. The molecule has 6 nitrogen and oxygen atoms in total. The number of hydrogen-bond donors (Lipinski definition) is 1. The molecule has 2 aromatic rings. The molecule has 1 aliphatic heterocycles. The van der Waals surface area contributed by atoms with Gasteiger partial charge in [-0.2, -0.15) is 5.10 Å². The fraction of sp³-hybridized carbons (Fsp3) is 0.389. The van der Waals surface area contributed by atoms with E-state index in [0.717, 1.165) is 17.1 Å². The quantitative estimate of drug-likeness (QED) is 0.937. The molecule has 2 amide bonds. The Bertz CT molecular complexity index is 762. The second-order valence-electron chi connectivity index (χ2n) is 6.42. The topological polar surface area (TPSA) is 67.2 Å². The minimum Gasteiger partial charge on any atom is -0.350 e. The van der Waals surface area contributed by atoms with Crippen LogP contribution >= 0.6 is 0 Å². The average molecular weight is 326 g/mol. The Hall–Kier alpha value is -2.63. The number of anilines is 1. The van der Waals surface area contributed by atoms with Crippen LogP contribution in [0.3, 0.4) is 0 Å². The van der Waals surface area contributed by atoms with Crippen molar-refractivity contribution in [2.45, 2.75) is 46.3 Å². The van der Waals surface area contributed by atoms with Gasteiger partial charge in [-0.05, 0) is 38.5 Å². The third kappa shape index (κ3) is 3.32. The molecule has 0 unspecified atom stereocenters. The number of aromatic nitrogens is 2. The highest BCUT2D eigenvalue weighted by atomic mass is 16.2. The number of carbonyl (C=O) groups excluding carboxylic acids is 2. The van der Waals surface area contributed by atoms with Gasteiger partial charge in [-0.15, -0.1) is 0 Å². The predicted octanol–water partition coefficient (Wildman–Crippen LogP) is 2.27. The molecule has 126 valence electrons. The molecule has 24 heavy (non-hydrogen) atoms. The molecular formula is C18H22N4O2. The predicted molar refractivity (Wildman–Crippen MR) is 91.8 cm³/mol. The van der Waals surface area contributed by atoms with Crippen LogP contribution in [0, 0.1) is 6.92 Å². The highest BCUT2D eigenvalue weighted by molar-refractivity contribution is 5.95. The van der Waals surface area contributed by atoms with Gasteiger partial charge in [0.2, 0.25) is 5.91 Å². The lowest BCUT2D eigenvalue weighted by molar-refractivity contribution is -0.119. The number of aryl methyl sites for hydroxylation is 2. The van der Waals surface area contributed by atoms with E-state index in [2.05, 4.69) is 10.4 Å². The van der Waals surface area contributed by atoms with Gasteiger partial charge in [0.25, 0.3) is 5.91 Å². The molecule has 1 aromatic heterocycles. The van der Waals surface area contributed by atoms with Crippen LogP contribution in [0.2, 0.25) is 0 Å². The van der Waals surface area contributed by atoms with Gasteiger partial charge in [-0.1, -0.05) is 12.1 Å². The Balaban J connectivity index is 1.76. The van der Waals surface area contributed by atoms with Crippen LogP contribution in [-0.2, 0) is 17.9 Å². The molecule has 1 aliphatic rings. The second kappa shape index (κ2) is 6.47. The normalized spacial score (nSPS) is 14.0. The van der Waals surface area contributed by atoms with Crippen LogP contribution in [0.4, 0.5) is 5.82 Å². The van der Waals surface area contributed by atoms with Crippen LogP contribution < -0.4 is 10.2 Å². The number of fused-ring (bicyclic) bond motifs is 1. The van der Waals surface area contributed by atoms with Crippen molar-refractivity contribution in [3.63, 3.8) is 0 Å². The van der Waals surface area contributed by atoms with Gasteiger partial charge in [-0.25, -0.2) is 4.68 Å². The van der Waals surface area contributed by atoms with Gasteiger partial charge in [0.05, 0.1) is 18.8 Å². The number of nitrogens with zero attached hydrogens (tertiary/aromatic N) is 3. The number of rotatable bonds is 4. The molecule has 0 radical (unpaired) electrons. The number of carbonyl (C=O) groups is 2. The Kier molecular flexibility index (Phi) is 4.38. The Morgan fingerprint density at radius 1 is 1.29 bits per heavy atom. The summed E-state index contributed by atoms with van der Waals surface area (Å²) >= 11 is 0. The molecule has 0 fully saturated rings. The Morgan fingerprint density at radius 2 is 2.00 bits per heavy atom. The van der Waals surface area contributed by atoms with Crippen molar-refractivity contribution >= 4 is 17.6 Å². The van der Waals surface area contributed by atoms with E-state index in [-0.39, 0.29) is 17.9 Å². The number of nitrogens with one attached hydrogen (secondary N) is 1. The van der Waals surface area contributed by atoms with Crippen molar-refractivity contribution in [1.29, 1.82) is 0 Å². The summed E-state index contributed by atoms with van der Waals surface area (Å²) in [6, 6.07) is 9.41. The van der Waals surface area contributed by atoms with Crippen molar-refractivity contribution in [3.05, 3.63) is 47.2 Å². The molecule has 3 rings (SSSR count). The van der Waals surface area contributed by atoms with Gasteiger partial charge in [0, 0.05) is 24.1 Å². The van der Waals surface area contributed by atoms with Crippen LogP contribution in [0.5, 0.6) is 0 Å². The fourth-order valence-corrected chi connectivity index (χ4v) is 2.84. The molecule has 0 aliphatic carbocycles. The van der Waals surface area contributed by atoms with Crippen molar-refractivity contribution in [3.8, 4) is 0 Å². The van der Waals surface area contributed by atoms with Crippen LogP contribution in [0.1, 0.15) is 41.9 Å². The summed E-state index contributed by atoms with van der Waals surface area (Å²) in [6.07, 6.45) is 0.461. The first-order chi connectivity index (χ1) is 11.4. The summed E-state index contributed by atoms with van der Waals surface area (Å²) in [6.45, 7) is 6.90. The second-order valence-corrected chi connectivity index (χ2v) is 6.42. The third-order valence-electron chi connectivity index (χ3n) is 3.97. The number of amides is 2. The summed E-state index contributed by atoms with van der Waals surface area (Å²) in [5.74, 6) is 0.855. The van der Waals surface area contributed by atoms with Gasteiger partial charge in [0.1, 0.15) is 5.82 Å². The van der Waals surface area contributed by atoms with E-state index in [9.17, 15) is 9.59 Å². The van der Waals surface area contributed by atoms with E-state index in [1.165, 1.54) is 0 Å². The lowest BCUT2D eigenvalue weighted by atomic mass is 10.1. The third-order valence-corrected chi connectivity index (χ3v) is 3.97. The fourth-order valence-electron chi connectivity index (χ4n) is 2.84. The first-order valence-corrected chi connectivity index (χ1v) is 8.18. The molecule has 0 saturated heterocycles. The molecule has 0 atom stereocenters. The maximum atomic E-state index is 12.3. The largest absolute Gasteiger partial charge is 0.350 e. The molecule has 2 heterocycles. The van der Waals surface area contributed by atoms with Crippen molar-refractivity contribution in [2.24, 2.45) is 0 Å². The molecule has 0 bridgehead atoms. The molecular weight excluding hydrogens is 304 g/mol. The summed E-state index contributed by atoms with van der Waals surface area (Å²) < 4.78 is 1.88. The summed E-state index contributed by atoms with van der Waals surface area (Å²) in [4.78, 5) is 26.0. The zero-order valence-electron chi connectivity index (χ0n) is 14.2. The number of hydrogen-bond acceptors (Lipinski definition) is 3. The number of benzene rings is 1.